The number of esters is 1. The molecule has 1 unspecified atom stereocenters. The molecule has 0 aromatic rings. The first-order chi connectivity index (χ1) is 13.8. The van der Waals surface area contributed by atoms with E-state index in [1.807, 2.05) is 20.8 Å². The number of ether oxygens (including phenoxy) is 2. The fourth-order valence-corrected chi connectivity index (χ4v) is 7.25. The lowest BCUT2D eigenvalue weighted by atomic mass is 9.59. The van der Waals surface area contributed by atoms with Crippen LogP contribution >= 0.6 is 0 Å². The van der Waals surface area contributed by atoms with Crippen LogP contribution in [-0.4, -0.2) is 63.7 Å². The third-order valence-electron chi connectivity index (χ3n) is 8.52. The number of carbonyl (C=O) groups excluding carboxylic acids is 2. The number of methoxy groups -OCH3 is 1. The molecular formula is C23H32O7. The monoisotopic (exact) mass is 420 g/mol. The van der Waals surface area contributed by atoms with E-state index in [1.54, 1.807) is 19.1 Å². The third kappa shape index (κ3) is 2.24. The summed E-state index contributed by atoms with van der Waals surface area (Å²) in [6, 6.07) is 0. The number of ketones is 1. The van der Waals surface area contributed by atoms with Crippen molar-refractivity contribution in [3.63, 3.8) is 0 Å². The SMILES string of the molecule is CO[C@@H]1[C@@H](C)[C@@]2(O)[C@@H](C=C(CO)C[C@]3(O)C(=O)C(C)=C[C@@H]23)[C@@H]2C(C)(C)C12OC(C)=O. The van der Waals surface area contributed by atoms with Gasteiger partial charge in [0.1, 0.15) is 17.3 Å². The fraction of sp³-hybridized carbons (Fsp3) is 0.739. The number of hydrogen-bond donors (Lipinski definition) is 3. The van der Waals surface area contributed by atoms with Gasteiger partial charge in [-0.1, -0.05) is 32.9 Å². The van der Waals surface area contributed by atoms with Gasteiger partial charge in [0.2, 0.25) is 0 Å². The maximum absolute atomic E-state index is 12.9. The van der Waals surface area contributed by atoms with Crippen molar-refractivity contribution < 1.29 is 34.4 Å². The van der Waals surface area contributed by atoms with E-state index in [1.165, 1.54) is 14.0 Å². The van der Waals surface area contributed by atoms with Crippen LogP contribution in [0.2, 0.25) is 0 Å². The molecule has 4 aliphatic rings. The van der Waals surface area contributed by atoms with E-state index >= 15 is 0 Å². The van der Waals surface area contributed by atoms with Gasteiger partial charge in [-0.15, -0.1) is 0 Å². The predicted molar refractivity (Wildman–Crippen MR) is 107 cm³/mol. The van der Waals surface area contributed by atoms with E-state index in [0.29, 0.717) is 11.1 Å². The zero-order valence-corrected chi connectivity index (χ0v) is 18.4. The zero-order valence-electron chi connectivity index (χ0n) is 18.4. The number of hydrogen-bond acceptors (Lipinski definition) is 7. The minimum Gasteiger partial charge on any atom is -0.456 e. The van der Waals surface area contributed by atoms with E-state index in [-0.39, 0.29) is 18.9 Å². The summed E-state index contributed by atoms with van der Waals surface area (Å²) in [6.07, 6.45) is 2.80. The summed E-state index contributed by atoms with van der Waals surface area (Å²) in [6.45, 7) is 8.46. The van der Waals surface area contributed by atoms with Crippen molar-refractivity contribution in [1.82, 2.24) is 0 Å². The minimum atomic E-state index is -1.82. The van der Waals surface area contributed by atoms with Gasteiger partial charge in [-0.3, -0.25) is 9.59 Å². The van der Waals surface area contributed by atoms with Crippen molar-refractivity contribution >= 4 is 11.8 Å². The smallest absolute Gasteiger partial charge is 0.303 e. The lowest BCUT2D eigenvalue weighted by molar-refractivity contribution is -0.224. The Hall–Kier alpha value is -1.54. The van der Waals surface area contributed by atoms with Crippen LogP contribution in [0.1, 0.15) is 41.0 Å². The van der Waals surface area contributed by atoms with Crippen molar-refractivity contribution in [1.29, 1.82) is 0 Å². The average Bonchev–Trinajstić information content (AvgIpc) is 3.07. The van der Waals surface area contributed by atoms with Gasteiger partial charge >= 0.3 is 5.97 Å². The molecule has 3 N–H and O–H groups in total. The summed E-state index contributed by atoms with van der Waals surface area (Å²) in [5.74, 6) is -3.10. The van der Waals surface area contributed by atoms with Crippen LogP contribution < -0.4 is 0 Å². The number of aliphatic hydroxyl groups is 3. The highest BCUT2D eigenvalue weighted by atomic mass is 16.6. The Kier molecular flexibility index (Phi) is 4.52. The zero-order chi connectivity index (χ0) is 22.4. The van der Waals surface area contributed by atoms with Crippen molar-refractivity contribution in [2.75, 3.05) is 13.7 Å². The molecule has 8 atom stereocenters. The van der Waals surface area contributed by atoms with Gasteiger partial charge < -0.3 is 24.8 Å². The molecule has 7 nitrogen and oxygen atoms in total. The summed E-state index contributed by atoms with van der Waals surface area (Å²) in [4.78, 5) is 25.0. The summed E-state index contributed by atoms with van der Waals surface area (Å²) >= 11 is 0. The number of carbonyl (C=O) groups is 2. The first-order valence-electron chi connectivity index (χ1n) is 10.5. The molecule has 0 heterocycles. The van der Waals surface area contributed by atoms with Crippen LogP contribution in [-0.2, 0) is 19.1 Å². The van der Waals surface area contributed by atoms with Gasteiger partial charge in [-0.05, 0) is 18.1 Å². The van der Waals surface area contributed by atoms with Gasteiger partial charge in [-0.2, -0.15) is 0 Å². The Morgan fingerprint density at radius 1 is 1.27 bits per heavy atom. The number of rotatable bonds is 3. The summed E-state index contributed by atoms with van der Waals surface area (Å²) in [5.41, 5.74) is -3.89. The minimum absolute atomic E-state index is 0.0439. The molecule has 2 saturated carbocycles. The van der Waals surface area contributed by atoms with Crippen LogP contribution in [0.5, 0.6) is 0 Å². The second-order valence-electron chi connectivity index (χ2n) is 10.2. The second kappa shape index (κ2) is 6.25. The first-order valence-corrected chi connectivity index (χ1v) is 10.5. The molecule has 0 spiro atoms. The molecule has 0 bridgehead atoms. The topological polar surface area (TPSA) is 113 Å². The normalized spacial score (nSPS) is 48.6. The molecule has 7 heteroatoms. The van der Waals surface area contributed by atoms with Gasteiger partial charge in [0.15, 0.2) is 5.78 Å². The van der Waals surface area contributed by atoms with Crippen molar-refractivity contribution in [2.24, 2.45) is 29.1 Å². The maximum atomic E-state index is 12.9. The maximum Gasteiger partial charge on any atom is 0.303 e. The highest BCUT2D eigenvalue weighted by Crippen LogP contribution is 2.77. The molecule has 4 aliphatic carbocycles. The van der Waals surface area contributed by atoms with Crippen LogP contribution in [0.3, 0.4) is 0 Å². The Morgan fingerprint density at radius 3 is 2.43 bits per heavy atom. The highest BCUT2D eigenvalue weighted by molar-refractivity contribution is 6.04. The predicted octanol–water partition coefficient (Wildman–Crippen LogP) is 1.15. The Bertz CT molecular complexity index is 873. The van der Waals surface area contributed by atoms with Gasteiger partial charge in [0.05, 0.1) is 12.2 Å². The molecule has 0 radical (unpaired) electrons. The quantitative estimate of drug-likeness (QED) is 0.464. The lowest BCUT2D eigenvalue weighted by Crippen LogP contribution is -2.65. The van der Waals surface area contributed by atoms with E-state index in [2.05, 4.69) is 0 Å². The largest absolute Gasteiger partial charge is 0.456 e. The molecule has 0 saturated heterocycles. The Balaban J connectivity index is 1.96. The summed E-state index contributed by atoms with van der Waals surface area (Å²) in [5, 5.41) is 33.8. The molecule has 0 aliphatic heterocycles. The lowest BCUT2D eigenvalue weighted by Gasteiger charge is -2.53. The molecule has 0 aromatic carbocycles. The molecule has 2 fully saturated rings. The van der Waals surface area contributed by atoms with E-state index in [9.17, 15) is 24.9 Å². The van der Waals surface area contributed by atoms with Crippen LogP contribution in [0.4, 0.5) is 0 Å². The van der Waals surface area contributed by atoms with Gasteiger partial charge in [0, 0.05) is 49.5 Å². The summed E-state index contributed by atoms with van der Waals surface area (Å²) in [7, 11) is 1.53. The highest BCUT2D eigenvalue weighted by Gasteiger charge is 2.87. The first kappa shape index (κ1) is 21.7. The number of fused-ring (bicyclic) bond motifs is 5. The van der Waals surface area contributed by atoms with Crippen molar-refractivity contribution in [3.8, 4) is 0 Å². The van der Waals surface area contributed by atoms with Crippen LogP contribution in [0, 0.1) is 29.1 Å². The second-order valence-corrected chi connectivity index (χ2v) is 10.2. The average molecular weight is 421 g/mol. The van der Waals surface area contributed by atoms with Gasteiger partial charge in [0.25, 0.3) is 0 Å². The van der Waals surface area contributed by atoms with E-state index < -0.39 is 57.8 Å². The Morgan fingerprint density at radius 2 is 1.90 bits per heavy atom. The summed E-state index contributed by atoms with van der Waals surface area (Å²) < 4.78 is 11.8. The van der Waals surface area contributed by atoms with Crippen molar-refractivity contribution in [2.45, 2.75) is 63.9 Å². The molecule has 0 amide bonds. The van der Waals surface area contributed by atoms with Gasteiger partial charge in [-0.25, -0.2) is 0 Å². The molecule has 0 aromatic heterocycles. The number of aliphatic hydroxyl groups excluding tert-OH is 1. The molecule has 30 heavy (non-hydrogen) atoms. The fourth-order valence-electron chi connectivity index (χ4n) is 7.25. The standard InChI is InChI=1S/C23H32O7/c1-11-7-16-21(27,18(11)26)9-14(10-24)8-15-17-20(4,5)23(17,30-13(3)25)19(29-6)12(2)22(15,16)28/h7-8,12,15-17,19,24,27-28H,9-10H2,1-6H3/t12-,15+,16-,17-,19-,21-,22-,23?/m1/s1. The number of Topliss-reactive ketones (excluding diaryl/α,β-unsaturated/α-hetero) is 1. The van der Waals surface area contributed by atoms with E-state index in [0.717, 1.165) is 0 Å². The molecule has 166 valence electrons. The van der Waals surface area contributed by atoms with Crippen LogP contribution in [0.15, 0.2) is 23.3 Å². The van der Waals surface area contributed by atoms with E-state index in [4.69, 9.17) is 9.47 Å². The third-order valence-corrected chi connectivity index (χ3v) is 8.52. The Labute approximate surface area is 176 Å². The van der Waals surface area contributed by atoms with Crippen molar-refractivity contribution in [3.05, 3.63) is 23.3 Å². The molecular weight excluding hydrogens is 388 g/mol. The van der Waals surface area contributed by atoms with Crippen LogP contribution in [0.25, 0.3) is 0 Å². The molecule has 4 rings (SSSR count).